The Hall–Kier alpha value is -2.29. The quantitative estimate of drug-likeness (QED) is 0.795. The first-order valence-corrected chi connectivity index (χ1v) is 9.63. The van der Waals surface area contributed by atoms with Crippen LogP contribution in [0.5, 0.6) is 5.75 Å². The maximum Gasteiger partial charge on any atom is 0.224 e. The van der Waals surface area contributed by atoms with E-state index < -0.39 is 0 Å². The molecule has 3 nitrogen and oxygen atoms in total. The second-order valence-corrected chi connectivity index (χ2v) is 7.52. The highest BCUT2D eigenvalue weighted by atomic mass is 16.5. The van der Waals surface area contributed by atoms with Crippen molar-refractivity contribution in [2.45, 2.75) is 44.9 Å². The Bertz CT molecular complexity index is 688. The zero-order valence-corrected chi connectivity index (χ0v) is 15.7. The van der Waals surface area contributed by atoms with Gasteiger partial charge in [-0.1, -0.05) is 61.7 Å². The van der Waals surface area contributed by atoms with E-state index in [1.165, 1.54) is 37.7 Å². The highest BCUT2D eigenvalue weighted by Crippen LogP contribution is 2.38. The molecule has 0 spiro atoms. The molecule has 26 heavy (non-hydrogen) atoms. The van der Waals surface area contributed by atoms with Gasteiger partial charge < -0.3 is 10.1 Å². The van der Waals surface area contributed by atoms with Crippen molar-refractivity contribution in [3.63, 3.8) is 0 Å². The zero-order valence-electron chi connectivity index (χ0n) is 15.7. The summed E-state index contributed by atoms with van der Waals surface area (Å²) in [5.74, 6) is 0.923. The predicted octanol–water partition coefficient (Wildman–Crippen LogP) is 4.55. The smallest absolute Gasteiger partial charge is 0.224 e. The molecule has 1 aliphatic carbocycles. The number of carbonyl (C=O) groups excluding carboxylic acids is 1. The van der Waals surface area contributed by atoms with Crippen molar-refractivity contribution in [3.8, 4) is 5.75 Å². The summed E-state index contributed by atoms with van der Waals surface area (Å²) in [5.41, 5.74) is 2.60. The van der Waals surface area contributed by atoms with Crippen LogP contribution >= 0.6 is 0 Å². The first-order valence-electron chi connectivity index (χ1n) is 9.63. The third-order valence-corrected chi connectivity index (χ3v) is 5.52. The fraction of sp³-hybridized carbons (Fsp3) is 0.435. The summed E-state index contributed by atoms with van der Waals surface area (Å²) in [7, 11) is 1.65. The van der Waals surface area contributed by atoms with E-state index in [-0.39, 0.29) is 11.3 Å². The van der Waals surface area contributed by atoms with Crippen LogP contribution in [0.4, 0.5) is 0 Å². The average molecular weight is 351 g/mol. The molecule has 0 heterocycles. The lowest BCUT2D eigenvalue weighted by atomic mass is 9.70. The Labute approximate surface area is 156 Å². The number of hydrogen-bond donors (Lipinski definition) is 1. The summed E-state index contributed by atoms with van der Waals surface area (Å²) in [6, 6.07) is 18.4. The van der Waals surface area contributed by atoms with E-state index >= 15 is 0 Å². The molecular formula is C23H29NO2. The molecule has 2 aromatic rings. The van der Waals surface area contributed by atoms with Gasteiger partial charge in [-0.15, -0.1) is 0 Å². The van der Waals surface area contributed by atoms with Crippen LogP contribution in [-0.4, -0.2) is 19.6 Å². The van der Waals surface area contributed by atoms with Crippen LogP contribution in [0.1, 0.15) is 43.2 Å². The largest absolute Gasteiger partial charge is 0.497 e. The standard InChI is InChI=1S/C23H29NO2/c1-26-21-12-10-19(11-13-21)16-22(25)24-18-23(14-6-3-7-15-23)17-20-8-4-2-5-9-20/h2,4-5,8-13H,3,6-7,14-18H2,1H3,(H,24,25). The van der Waals surface area contributed by atoms with Gasteiger partial charge in [-0.3, -0.25) is 4.79 Å². The van der Waals surface area contributed by atoms with E-state index in [0.717, 1.165) is 24.3 Å². The number of ether oxygens (including phenoxy) is 1. The van der Waals surface area contributed by atoms with Gasteiger partial charge in [-0.05, 0) is 47.9 Å². The van der Waals surface area contributed by atoms with Gasteiger partial charge in [0.15, 0.2) is 0 Å². The molecule has 138 valence electrons. The Balaban J connectivity index is 1.59. The molecular weight excluding hydrogens is 322 g/mol. The highest BCUT2D eigenvalue weighted by molar-refractivity contribution is 5.78. The predicted molar refractivity (Wildman–Crippen MR) is 105 cm³/mol. The van der Waals surface area contributed by atoms with Gasteiger partial charge in [0, 0.05) is 6.54 Å². The zero-order chi connectivity index (χ0) is 18.2. The number of methoxy groups -OCH3 is 1. The SMILES string of the molecule is COc1ccc(CC(=O)NCC2(Cc3ccccc3)CCCCC2)cc1. The molecule has 0 radical (unpaired) electrons. The lowest BCUT2D eigenvalue weighted by Gasteiger charge is -2.38. The second kappa shape index (κ2) is 8.88. The summed E-state index contributed by atoms with van der Waals surface area (Å²) >= 11 is 0. The number of hydrogen-bond acceptors (Lipinski definition) is 2. The van der Waals surface area contributed by atoms with Crippen molar-refractivity contribution in [2.24, 2.45) is 5.41 Å². The Morgan fingerprint density at radius 2 is 1.65 bits per heavy atom. The number of nitrogens with one attached hydrogen (secondary N) is 1. The molecule has 1 aliphatic rings. The topological polar surface area (TPSA) is 38.3 Å². The van der Waals surface area contributed by atoms with E-state index in [2.05, 4.69) is 35.6 Å². The van der Waals surface area contributed by atoms with Crippen molar-refractivity contribution >= 4 is 5.91 Å². The maximum atomic E-state index is 12.5. The van der Waals surface area contributed by atoms with Crippen molar-refractivity contribution < 1.29 is 9.53 Å². The molecule has 1 fully saturated rings. The molecule has 3 rings (SSSR count). The van der Waals surface area contributed by atoms with Crippen LogP contribution < -0.4 is 10.1 Å². The fourth-order valence-corrected chi connectivity index (χ4v) is 4.02. The van der Waals surface area contributed by atoms with Gasteiger partial charge in [0.2, 0.25) is 5.91 Å². The van der Waals surface area contributed by atoms with Gasteiger partial charge in [0.25, 0.3) is 0 Å². The number of benzene rings is 2. The molecule has 0 unspecified atom stereocenters. The van der Waals surface area contributed by atoms with Crippen molar-refractivity contribution in [1.82, 2.24) is 5.32 Å². The molecule has 0 aliphatic heterocycles. The Kier molecular flexibility index (Phi) is 6.32. The minimum atomic E-state index is 0.105. The minimum Gasteiger partial charge on any atom is -0.497 e. The molecule has 2 aromatic carbocycles. The fourth-order valence-electron chi connectivity index (χ4n) is 4.02. The monoisotopic (exact) mass is 351 g/mol. The molecule has 3 heteroatoms. The average Bonchev–Trinajstić information content (AvgIpc) is 2.69. The van der Waals surface area contributed by atoms with Crippen molar-refractivity contribution in [1.29, 1.82) is 0 Å². The molecule has 0 aromatic heterocycles. The maximum absolute atomic E-state index is 12.5. The van der Waals surface area contributed by atoms with Crippen LogP contribution in [0.3, 0.4) is 0 Å². The number of rotatable bonds is 7. The highest BCUT2D eigenvalue weighted by Gasteiger charge is 2.32. The summed E-state index contributed by atoms with van der Waals surface area (Å²) in [5, 5.41) is 3.22. The molecule has 1 saturated carbocycles. The molecule has 0 atom stereocenters. The Morgan fingerprint density at radius 3 is 2.31 bits per heavy atom. The van der Waals surface area contributed by atoms with Crippen LogP contribution in [-0.2, 0) is 17.6 Å². The second-order valence-electron chi connectivity index (χ2n) is 7.52. The van der Waals surface area contributed by atoms with Gasteiger partial charge in [-0.2, -0.15) is 0 Å². The van der Waals surface area contributed by atoms with E-state index in [0.29, 0.717) is 6.42 Å². The summed E-state index contributed by atoms with van der Waals surface area (Å²) in [6.07, 6.45) is 7.72. The lowest BCUT2D eigenvalue weighted by Crippen LogP contribution is -2.41. The van der Waals surface area contributed by atoms with E-state index in [9.17, 15) is 4.79 Å². The minimum absolute atomic E-state index is 0.105. The molecule has 1 amide bonds. The van der Waals surface area contributed by atoms with Gasteiger partial charge in [0.1, 0.15) is 5.75 Å². The first-order chi connectivity index (χ1) is 12.7. The molecule has 0 saturated heterocycles. The number of carbonyl (C=O) groups is 1. The third kappa shape index (κ3) is 5.10. The summed E-state index contributed by atoms with van der Waals surface area (Å²) < 4.78 is 5.17. The van der Waals surface area contributed by atoms with Crippen molar-refractivity contribution in [2.75, 3.05) is 13.7 Å². The first kappa shape index (κ1) is 18.5. The van der Waals surface area contributed by atoms with Crippen LogP contribution in [0.15, 0.2) is 54.6 Å². The third-order valence-electron chi connectivity index (χ3n) is 5.52. The molecule has 0 bridgehead atoms. The van der Waals surface area contributed by atoms with Gasteiger partial charge in [-0.25, -0.2) is 0 Å². The lowest BCUT2D eigenvalue weighted by molar-refractivity contribution is -0.121. The van der Waals surface area contributed by atoms with Gasteiger partial charge >= 0.3 is 0 Å². The van der Waals surface area contributed by atoms with Crippen LogP contribution in [0.2, 0.25) is 0 Å². The van der Waals surface area contributed by atoms with Crippen LogP contribution in [0, 0.1) is 5.41 Å². The molecule has 1 N–H and O–H groups in total. The van der Waals surface area contributed by atoms with E-state index in [1.807, 2.05) is 24.3 Å². The summed E-state index contributed by atoms with van der Waals surface area (Å²) in [6.45, 7) is 0.775. The summed E-state index contributed by atoms with van der Waals surface area (Å²) in [4.78, 5) is 12.5. The number of amides is 1. The van der Waals surface area contributed by atoms with Gasteiger partial charge in [0.05, 0.1) is 13.5 Å². The van der Waals surface area contributed by atoms with E-state index in [1.54, 1.807) is 7.11 Å². The normalized spacial score (nSPS) is 16.0. The van der Waals surface area contributed by atoms with Crippen LogP contribution in [0.25, 0.3) is 0 Å². The van der Waals surface area contributed by atoms with E-state index in [4.69, 9.17) is 4.74 Å². The van der Waals surface area contributed by atoms with Crippen molar-refractivity contribution in [3.05, 3.63) is 65.7 Å². The Morgan fingerprint density at radius 1 is 0.962 bits per heavy atom.